The fourth-order valence-corrected chi connectivity index (χ4v) is 7.96. The van der Waals surface area contributed by atoms with Gasteiger partial charge in [-0.05, 0) is 30.9 Å². The quantitative estimate of drug-likeness (QED) is 0.620. The number of ether oxygens (including phenoxy) is 2. The first-order valence-electron chi connectivity index (χ1n) is 10.3. The molecule has 162 valence electrons. The van der Waals surface area contributed by atoms with Crippen molar-refractivity contribution in [2.45, 2.75) is 29.4 Å². The monoisotopic (exact) mass is 434 g/mol. The molecule has 1 atom stereocenters. The summed E-state index contributed by atoms with van der Waals surface area (Å²) in [4.78, 5) is 28.7. The molecule has 5 rings (SSSR count). The number of urea groups is 1. The van der Waals surface area contributed by atoms with Crippen LogP contribution >= 0.6 is 0 Å². The van der Waals surface area contributed by atoms with E-state index in [1.54, 1.807) is 9.80 Å². The summed E-state index contributed by atoms with van der Waals surface area (Å²) in [5.41, 5.74) is 1.99. The van der Waals surface area contributed by atoms with Crippen molar-refractivity contribution < 1.29 is 27.5 Å². The summed E-state index contributed by atoms with van der Waals surface area (Å²) in [5.74, 6) is -1.33. The van der Waals surface area contributed by atoms with E-state index in [1.807, 2.05) is 18.2 Å². The maximum Gasteiger partial charge on any atom is 0.324 e. The molecule has 4 aliphatic heterocycles. The predicted octanol–water partition coefficient (Wildman–Crippen LogP) is 1.34. The summed E-state index contributed by atoms with van der Waals surface area (Å²) < 4.78 is 34.8. The van der Waals surface area contributed by atoms with Gasteiger partial charge >= 0.3 is 12.0 Å². The van der Waals surface area contributed by atoms with Crippen LogP contribution in [0.4, 0.5) is 10.5 Å². The van der Waals surface area contributed by atoms with E-state index in [4.69, 9.17) is 9.47 Å². The van der Waals surface area contributed by atoms with Gasteiger partial charge in [-0.25, -0.2) is 13.2 Å². The molecule has 1 aromatic rings. The smallest absolute Gasteiger partial charge is 0.324 e. The van der Waals surface area contributed by atoms with Crippen LogP contribution in [0.15, 0.2) is 24.3 Å². The molecule has 2 spiro atoms. The summed E-state index contributed by atoms with van der Waals surface area (Å²) >= 11 is 0. The lowest BCUT2D eigenvalue weighted by Crippen LogP contribution is -2.67. The zero-order valence-electron chi connectivity index (χ0n) is 17.0. The van der Waals surface area contributed by atoms with Gasteiger partial charge in [0.05, 0.1) is 18.8 Å². The molecule has 9 heteroatoms. The minimum atomic E-state index is -3.46. The number of hydrogen-bond donors (Lipinski definition) is 0. The lowest BCUT2D eigenvalue weighted by atomic mass is 9.76. The van der Waals surface area contributed by atoms with Gasteiger partial charge in [-0.1, -0.05) is 18.2 Å². The second kappa shape index (κ2) is 6.68. The van der Waals surface area contributed by atoms with Crippen LogP contribution in [0.1, 0.15) is 24.8 Å². The summed E-state index contributed by atoms with van der Waals surface area (Å²) in [7, 11) is -2.19. The number of carbonyl (C=O) groups excluding carboxylic acids is 2. The van der Waals surface area contributed by atoms with Gasteiger partial charge in [-0.2, -0.15) is 0 Å². The Labute approximate surface area is 176 Å². The van der Waals surface area contributed by atoms with Crippen molar-refractivity contribution in [1.82, 2.24) is 4.90 Å². The van der Waals surface area contributed by atoms with Crippen LogP contribution in [0.3, 0.4) is 0 Å². The molecule has 0 saturated carbocycles. The van der Waals surface area contributed by atoms with Crippen molar-refractivity contribution in [1.29, 1.82) is 0 Å². The van der Waals surface area contributed by atoms with E-state index in [0.717, 1.165) is 18.5 Å². The maximum atomic E-state index is 13.4. The minimum absolute atomic E-state index is 0.0948. The van der Waals surface area contributed by atoms with E-state index in [1.165, 1.54) is 12.7 Å². The molecule has 4 heterocycles. The van der Waals surface area contributed by atoms with Gasteiger partial charge in [0.15, 0.2) is 9.84 Å². The summed E-state index contributed by atoms with van der Waals surface area (Å²) in [6.45, 7) is 2.22. The Kier molecular flexibility index (Phi) is 4.41. The van der Waals surface area contributed by atoms with Crippen LogP contribution < -0.4 is 4.90 Å². The van der Waals surface area contributed by atoms with Gasteiger partial charge in [0.25, 0.3) is 0 Å². The van der Waals surface area contributed by atoms with Crippen molar-refractivity contribution in [2.75, 3.05) is 50.6 Å². The number of methoxy groups -OCH3 is 1. The second-order valence-corrected chi connectivity index (χ2v) is 11.5. The van der Waals surface area contributed by atoms with Crippen molar-refractivity contribution >= 4 is 27.5 Å². The minimum Gasteiger partial charge on any atom is -0.469 e. The molecule has 0 radical (unpaired) electrons. The third-order valence-corrected chi connectivity index (χ3v) is 9.96. The topological polar surface area (TPSA) is 93.2 Å². The summed E-state index contributed by atoms with van der Waals surface area (Å²) in [6, 6.07) is 7.83. The number of likely N-dealkylation sites (tertiary alicyclic amines) is 1. The molecule has 8 nitrogen and oxygen atoms in total. The normalized spacial score (nSPS) is 27.7. The molecule has 1 unspecified atom stereocenters. The van der Waals surface area contributed by atoms with E-state index in [-0.39, 0.29) is 36.7 Å². The lowest BCUT2D eigenvalue weighted by molar-refractivity contribution is -0.145. The number of esters is 1. The Bertz CT molecular complexity index is 995. The molecule has 30 heavy (non-hydrogen) atoms. The highest BCUT2D eigenvalue weighted by atomic mass is 32.2. The zero-order valence-corrected chi connectivity index (χ0v) is 17.8. The van der Waals surface area contributed by atoms with E-state index in [9.17, 15) is 18.0 Å². The summed E-state index contributed by atoms with van der Waals surface area (Å²) in [5, 5.41) is 0. The Morgan fingerprint density at radius 1 is 1.13 bits per heavy atom. The highest BCUT2D eigenvalue weighted by Gasteiger charge is 2.62. The number of benzene rings is 1. The Morgan fingerprint density at radius 2 is 1.83 bits per heavy atom. The van der Waals surface area contributed by atoms with Crippen molar-refractivity contribution in [3.8, 4) is 0 Å². The van der Waals surface area contributed by atoms with Crippen LogP contribution in [0, 0.1) is 5.92 Å². The molecular weight excluding hydrogens is 408 g/mol. The average molecular weight is 435 g/mol. The van der Waals surface area contributed by atoms with Gasteiger partial charge in [-0.15, -0.1) is 0 Å². The number of nitrogens with zero attached hydrogens (tertiary/aromatic N) is 2. The average Bonchev–Trinajstić information content (AvgIpc) is 3.18. The zero-order chi connectivity index (χ0) is 21.1. The number of hydrogen-bond acceptors (Lipinski definition) is 6. The standard InChI is InChI=1S/C21H26N2O6S/c1-28-18(24)15-10-21(30(26,27)11-15)13-22(14-21)19(25)23-12-20(6-8-29-9-7-20)16-4-2-3-5-17(16)23/h2-5,15H,6-14H2,1H3. The van der Waals surface area contributed by atoms with E-state index in [0.29, 0.717) is 19.8 Å². The number of fused-ring (bicyclic) bond motifs is 2. The number of carbonyl (C=O) groups is 2. The van der Waals surface area contributed by atoms with E-state index in [2.05, 4.69) is 6.07 Å². The van der Waals surface area contributed by atoms with Gasteiger partial charge < -0.3 is 14.4 Å². The fraction of sp³-hybridized carbons (Fsp3) is 0.619. The molecular formula is C21H26N2O6S. The van der Waals surface area contributed by atoms with Crippen molar-refractivity contribution in [2.24, 2.45) is 5.92 Å². The number of anilines is 1. The molecule has 4 aliphatic rings. The van der Waals surface area contributed by atoms with Crippen LogP contribution in [0.25, 0.3) is 0 Å². The highest BCUT2D eigenvalue weighted by molar-refractivity contribution is 7.93. The Balaban J connectivity index is 1.36. The SMILES string of the molecule is COC(=O)C1CC2(CN(C(=O)N3CC4(CCOCC4)c4ccccc43)C2)S(=O)(=O)C1. The molecule has 3 saturated heterocycles. The van der Waals surface area contributed by atoms with Crippen LogP contribution in [0.2, 0.25) is 0 Å². The van der Waals surface area contributed by atoms with Crippen molar-refractivity contribution in [3.05, 3.63) is 29.8 Å². The molecule has 0 bridgehead atoms. The third kappa shape index (κ3) is 2.71. The fourth-order valence-electron chi connectivity index (χ4n) is 5.67. The number of para-hydroxylation sites is 1. The summed E-state index contributed by atoms with van der Waals surface area (Å²) in [6.07, 6.45) is 1.96. The van der Waals surface area contributed by atoms with Crippen LogP contribution in [-0.2, 0) is 29.5 Å². The first kappa shape index (κ1) is 19.8. The van der Waals surface area contributed by atoms with Gasteiger partial charge in [0.2, 0.25) is 0 Å². The van der Waals surface area contributed by atoms with Crippen LogP contribution in [-0.4, -0.2) is 75.8 Å². The third-order valence-electron chi connectivity index (χ3n) is 7.37. The molecule has 0 N–H and O–H groups in total. The second-order valence-electron chi connectivity index (χ2n) is 9.02. The van der Waals surface area contributed by atoms with E-state index < -0.39 is 26.5 Å². The number of sulfone groups is 1. The lowest BCUT2D eigenvalue weighted by Gasteiger charge is -2.48. The molecule has 0 aromatic heterocycles. The number of amides is 2. The Morgan fingerprint density at radius 3 is 2.53 bits per heavy atom. The first-order valence-corrected chi connectivity index (χ1v) is 12.0. The largest absolute Gasteiger partial charge is 0.469 e. The first-order chi connectivity index (χ1) is 14.3. The van der Waals surface area contributed by atoms with E-state index >= 15 is 0 Å². The highest BCUT2D eigenvalue weighted by Crippen LogP contribution is 2.48. The Hall–Kier alpha value is -2.13. The molecule has 3 fully saturated rings. The number of rotatable bonds is 1. The predicted molar refractivity (Wildman–Crippen MR) is 109 cm³/mol. The molecule has 1 aromatic carbocycles. The molecule has 2 amide bonds. The maximum absolute atomic E-state index is 13.4. The van der Waals surface area contributed by atoms with Gasteiger partial charge in [0.1, 0.15) is 4.75 Å². The molecule has 0 aliphatic carbocycles. The van der Waals surface area contributed by atoms with Gasteiger partial charge in [0, 0.05) is 44.0 Å². The van der Waals surface area contributed by atoms with Crippen LogP contribution in [0.5, 0.6) is 0 Å². The van der Waals surface area contributed by atoms with Crippen molar-refractivity contribution in [3.63, 3.8) is 0 Å². The van der Waals surface area contributed by atoms with Gasteiger partial charge in [-0.3, -0.25) is 9.69 Å².